The quantitative estimate of drug-likeness (QED) is 0.473. The molecule has 1 atom stereocenters. The second kappa shape index (κ2) is 2.53. The molecule has 0 aliphatic carbocycles. The van der Waals surface area contributed by atoms with Gasteiger partial charge in [-0.05, 0) is 45.2 Å². The zero-order valence-electron chi connectivity index (χ0n) is 6.97. The molecule has 11 heavy (non-hydrogen) atoms. The first-order valence-electron chi connectivity index (χ1n) is 4.60. The lowest BCUT2D eigenvalue weighted by molar-refractivity contribution is 0.142. The van der Waals surface area contributed by atoms with Crippen LogP contribution in [-0.4, -0.2) is 23.5 Å². The van der Waals surface area contributed by atoms with E-state index in [-0.39, 0.29) is 5.54 Å². The normalized spacial score (nSPS) is 38.1. The predicted octanol–water partition coefficient (Wildman–Crippen LogP) is 1.64. The van der Waals surface area contributed by atoms with Crippen LogP contribution in [0.15, 0.2) is 0 Å². The second-order valence-electron chi connectivity index (χ2n) is 3.72. The maximum absolute atomic E-state index is 5.59. The Balaban J connectivity index is 2.20. The standard InChI is InChI=1S/C10H15N/c1-2-10-6-3-4-8-11(10)9-5-7-10/h1H,3-9H2/t10-/m0/s1. The highest BCUT2D eigenvalue weighted by Crippen LogP contribution is 2.36. The molecule has 0 amide bonds. The highest BCUT2D eigenvalue weighted by Gasteiger charge is 2.40. The Morgan fingerprint density at radius 3 is 2.55 bits per heavy atom. The maximum Gasteiger partial charge on any atom is 0.0823 e. The Morgan fingerprint density at radius 1 is 1.09 bits per heavy atom. The average molecular weight is 149 g/mol. The van der Waals surface area contributed by atoms with Crippen molar-refractivity contribution >= 4 is 0 Å². The number of fused-ring (bicyclic) bond motifs is 1. The van der Waals surface area contributed by atoms with Crippen molar-refractivity contribution in [3.8, 4) is 12.3 Å². The lowest BCUT2D eigenvalue weighted by Gasteiger charge is -2.38. The summed E-state index contributed by atoms with van der Waals surface area (Å²) >= 11 is 0. The molecule has 0 spiro atoms. The first-order chi connectivity index (χ1) is 5.37. The molecule has 1 heteroatoms. The Hall–Kier alpha value is -0.480. The van der Waals surface area contributed by atoms with E-state index in [1.807, 2.05) is 0 Å². The van der Waals surface area contributed by atoms with Crippen LogP contribution in [0, 0.1) is 12.3 Å². The fourth-order valence-electron chi connectivity index (χ4n) is 2.50. The Kier molecular flexibility index (Phi) is 1.65. The van der Waals surface area contributed by atoms with Gasteiger partial charge in [0.15, 0.2) is 0 Å². The van der Waals surface area contributed by atoms with Crippen LogP contribution in [0.3, 0.4) is 0 Å². The summed E-state index contributed by atoms with van der Waals surface area (Å²) in [5.41, 5.74) is 0.193. The van der Waals surface area contributed by atoms with Crippen LogP contribution < -0.4 is 0 Å². The van der Waals surface area contributed by atoms with Gasteiger partial charge in [-0.1, -0.05) is 5.92 Å². The minimum absolute atomic E-state index is 0.193. The highest BCUT2D eigenvalue weighted by molar-refractivity contribution is 5.17. The van der Waals surface area contributed by atoms with Crippen LogP contribution in [-0.2, 0) is 0 Å². The number of hydrogen-bond acceptors (Lipinski definition) is 1. The van der Waals surface area contributed by atoms with E-state index in [0.717, 1.165) is 0 Å². The molecule has 2 fully saturated rings. The van der Waals surface area contributed by atoms with E-state index in [9.17, 15) is 0 Å². The van der Waals surface area contributed by atoms with E-state index in [4.69, 9.17) is 6.42 Å². The predicted molar refractivity (Wildman–Crippen MR) is 46.2 cm³/mol. The molecule has 0 radical (unpaired) electrons. The summed E-state index contributed by atoms with van der Waals surface area (Å²) in [6, 6.07) is 0. The van der Waals surface area contributed by atoms with E-state index in [0.29, 0.717) is 0 Å². The third-order valence-electron chi connectivity index (χ3n) is 3.16. The SMILES string of the molecule is C#C[C@@]12CCCCN1CCC2. The number of terminal acetylenes is 1. The van der Waals surface area contributed by atoms with Crippen LogP contribution >= 0.6 is 0 Å². The van der Waals surface area contributed by atoms with Gasteiger partial charge in [0.25, 0.3) is 0 Å². The Morgan fingerprint density at radius 2 is 1.82 bits per heavy atom. The molecule has 0 bridgehead atoms. The van der Waals surface area contributed by atoms with Crippen LogP contribution in [0.25, 0.3) is 0 Å². The van der Waals surface area contributed by atoms with Gasteiger partial charge in [-0.2, -0.15) is 0 Å². The van der Waals surface area contributed by atoms with Gasteiger partial charge in [0.2, 0.25) is 0 Å². The number of piperidine rings is 1. The number of hydrogen-bond donors (Lipinski definition) is 0. The lowest BCUT2D eigenvalue weighted by atomic mass is 9.87. The molecule has 0 aromatic rings. The van der Waals surface area contributed by atoms with E-state index in [2.05, 4.69) is 10.8 Å². The van der Waals surface area contributed by atoms with E-state index in [1.165, 1.54) is 45.2 Å². The fourth-order valence-corrected chi connectivity index (χ4v) is 2.50. The first kappa shape index (κ1) is 7.18. The van der Waals surface area contributed by atoms with Gasteiger partial charge >= 0.3 is 0 Å². The van der Waals surface area contributed by atoms with Crippen molar-refractivity contribution in [3.05, 3.63) is 0 Å². The van der Waals surface area contributed by atoms with Gasteiger partial charge in [0.05, 0.1) is 5.54 Å². The first-order valence-corrected chi connectivity index (χ1v) is 4.60. The molecule has 1 nitrogen and oxygen atoms in total. The van der Waals surface area contributed by atoms with Gasteiger partial charge in [0, 0.05) is 0 Å². The third kappa shape index (κ3) is 0.973. The summed E-state index contributed by atoms with van der Waals surface area (Å²) in [7, 11) is 0. The number of rotatable bonds is 0. The monoisotopic (exact) mass is 149 g/mol. The summed E-state index contributed by atoms with van der Waals surface area (Å²) in [6.07, 6.45) is 12.1. The molecule has 0 aromatic heterocycles. The van der Waals surface area contributed by atoms with Gasteiger partial charge in [0.1, 0.15) is 0 Å². The molecule has 0 unspecified atom stereocenters. The molecule has 0 aromatic carbocycles. The van der Waals surface area contributed by atoms with Gasteiger partial charge in [-0.15, -0.1) is 6.42 Å². The Bertz CT molecular complexity index is 192. The van der Waals surface area contributed by atoms with E-state index in [1.54, 1.807) is 0 Å². The van der Waals surface area contributed by atoms with Crippen molar-refractivity contribution in [2.45, 2.75) is 37.6 Å². The molecule has 2 aliphatic rings. The van der Waals surface area contributed by atoms with Crippen molar-refractivity contribution in [1.29, 1.82) is 0 Å². The number of nitrogens with zero attached hydrogens (tertiary/aromatic N) is 1. The maximum atomic E-state index is 5.59. The van der Waals surface area contributed by atoms with Crippen LogP contribution in [0.1, 0.15) is 32.1 Å². The van der Waals surface area contributed by atoms with Crippen molar-refractivity contribution in [2.24, 2.45) is 0 Å². The molecule has 0 saturated carbocycles. The molecule has 2 aliphatic heterocycles. The highest BCUT2D eigenvalue weighted by atomic mass is 15.2. The summed E-state index contributed by atoms with van der Waals surface area (Å²) in [5, 5.41) is 0. The van der Waals surface area contributed by atoms with Crippen LogP contribution in [0.2, 0.25) is 0 Å². The summed E-state index contributed by atoms with van der Waals surface area (Å²) in [4.78, 5) is 2.51. The molecule has 2 saturated heterocycles. The van der Waals surface area contributed by atoms with E-state index >= 15 is 0 Å². The molecule has 60 valence electrons. The minimum atomic E-state index is 0.193. The van der Waals surface area contributed by atoms with Gasteiger partial charge in [-0.3, -0.25) is 4.90 Å². The van der Waals surface area contributed by atoms with E-state index < -0.39 is 0 Å². The second-order valence-corrected chi connectivity index (χ2v) is 3.72. The molecule has 2 heterocycles. The van der Waals surface area contributed by atoms with Crippen molar-refractivity contribution < 1.29 is 0 Å². The molecule has 0 N–H and O–H groups in total. The van der Waals surface area contributed by atoms with Gasteiger partial charge < -0.3 is 0 Å². The third-order valence-corrected chi connectivity index (χ3v) is 3.16. The minimum Gasteiger partial charge on any atom is -0.287 e. The lowest BCUT2D eigenvalue weighted by Crippen LogP contribution is -2.45. The largest absolute Gasteiger partial charge is 0.287 e. The summed E-state index contributed by atoms with van der Waals surface area (Å²) in [5.74, 6) is 3.01. The smallest absolute Gasteiger partial charge is 0.0823 e. The van der Waals surface area contributed by atoms with Crippen LogP contribution in [0.4, 0.5) is 0 Å². The summed E-state index contributed by atoms with van der Waals surface area (Å²) < 4.78 is 0. The topological polar surface area (TPSA) is 3.24 Å². The molecular formula is C10H15N. The summed E-state index contributed by atoms with van der Waals surface area (Å²) in [6.45, 7) is 2.48. The van der Waals surface area contributed by atoms with Gasteiger partial charge in [-0.25, -0.2) is 0 Å². The molecule has 2 rings (SSSR count). The zero-order valence-corrected chi connectivity index (χ0v) is 6.97. The van der Waals surface area contributed by atoms with Crippen LogP contribution in [0.5, 0.6) is 0 Å². The average Bonchev–Trinajstić information content (AvgIpc) is 2.48. The van der Waals surface area contributed by atoms with Crippen molar-refractivity contribution in [1.82, 2.24) is 4.90 Å². The van der Waals surface area contributed by atoms with Crippen molar-refractivity contribution in [3.63, 3.8) is 0 Å². The Labute approximate surface area is 68.8 Å². The van der Waals surface area contributed by atoms with Crippen molar-refractivity contribution in [2.75, 3.05) is 13.1 Å². The fraction of sp³-hybridized carbons (Fsp3) is 0.800. The zero-order chi connectivity index (χ0) is 7.73. The molecular weight excluding hydrogens is 134 g/mol.